The molecule has 0 aliphatic carbocycles. The lowest BCUT2D eigenvalue weighted by Gasteiger charge is -2.09. The van der Waals surface area contributed by atoms with Gasteiger partial charge in [-0.3, -0.25) is 0 Å². The molecule has 3 rings (SSSR count). The first-order chi connectivity index (χ1) is 8.86. The second-order valence-electron chi connectivity index (χ2n) is 4.20. The summed E-state index contributed by atoms with van der Waals surface area (Å²) in [6.07, 6.45) is 2.21. The monoisotopic (exact) mass is 236 g/mol. The highest BCUT2D eigenvalue weighted by Gasteiger charge is 2.12. The highest BCUT2D eigenvalue weighted by molar-refractivity contribution is 5.77. The van der Waals surface area contributed by atoms with Crippen LogP contribution in [-0.4, -0.2) is 4.98 Å². The van der Waals surface area contributed by atoms with Gasteiger partial charge in [0.2, 0.25) is 0 Å². The summed E-state index contributed by atoms with van der Waals surface area (Å²) in [6.45, 7) is 0.735. The van der Waals surface area contributed by atoms with E-state index in [0.717, 1.165) is 34.9 Å². The molecule has 2 N–H and O–H groups in total. The number of nitrogens with zero attached hydrogens (tertiary/aromatic N) is 2. The summed E-state index contributed by atoms with van der Waals surface area (Å²) < 4.78 is 0. The van der Waals surface area contributed by atoms with E-state index in [-0.39, 0.29) is 0 Å². The molecular formula is C14H12N4. The zero-order valence-corrected chi connectivity index (χ0v) is 9.77. The highest BCUT2D eigenvalue weighted by atomic mass is 15.0. The van der Waals surface area contributed by atoms with Gasteiger partial charge in [-0.25, -0.2) is 4.98 Å². The van der Waals surface area contributed by atoms with E-state index >= 15 is 0 Å². The number of nitrogens with one attached hydrogen (secondary N) is 2. The maximum absolute atomic E-state index is 8.73. The van der Waals surface area contributed by atoms with Crippen molar-refractivity contribution in [2.75, 3.05) is 10.6 Å². The molecule has 1 aromatic heterocycles. The van der Waals surface area contributed by atoms with Gasteiger partial charge in [-0.05, 0) is 23.8 Å². The summed E-state index contributed by atoms with van der Waals surface area (Å²) in [5.74, 6) is 0.886. The Morgan fingerprint density at radius 3 is 3.11 bits per heavy atom. The predicted molar refractivity (Wildman–Crippen MR) is 70.6 cm³/mol. The summed E-state index contributed by atoms with van der Waals surface area (Å²) in [6, 6.07) is 12.1. The van der Waals surface area contributed by atoms with Gasteiger partial charge in [0.15, 0.2) is 0 Å². The van der Waals surface area contributed by atoms with Gasteiger partial charge in [0.25, 0.3) is 0 Å². The van der Waals surface area contributed by atoms with Crippen molar-refractivity contribution in [3.05, 3.63) is 47.7 Å². The molecule has 4 heteroatoms. The Balaban J connectivity index is 1.99. The molecule has 0 atom stereocenters. The fourth-order valence-corrected chi connectivity index (χ4v) is 2.06. The number of nitriles is 1. The Morgan fingerprint density at radius 1 is 1.28 bits per heavy atom. The van der Waals surface area contributed by atoms with Crippen molar-refractivity contribution < 1.29 is 0 Å². The van der Waals surface area contributed by atoms with E-state index in [1.807, 2.05) is 30.3 Å². The van der Waals surface area contributed by atoms with Crippen LogP contribution in [0.15, 0.2) is 36.5 Å². The molecule has 0 bridgehead atoms. The van der Waals surface area contributed by atoms with Crippen LogP contribution >= 0.6 is 0 Å². The van der Waals surface area contributed by atoms with Crippen LogP contribution < -0.4 is 10.6 Å². The predicted octanol–water partition coefficient (Wildman–Crippen LogP) is 2.82. The van der Waals surface area contributed by atoms with Crippen molar-refractivity contribution in [3.63, 3.8) is 0 Å². The molecule has 0 saturated carbocycles. The average Bonchev–Trinajstić information content (AvgIpc) is 2.58. The van der Waals surface area contributed by atoms with Crippen LogP contribution in [0.25, 0.3) is 0 Å². The molecule has 0 spiro atoms. The highest BCUT2D eigenvalue weighted by Crippen LogP contribution is 2.31. The minimum atomic E-state index is 0.431. The number of hydrogen-bond acceptors (Lipinski definition) is 4. The summed E-state index contributed by atoms with van der Waals surface area (Å²) >= 11 is 0. The third kappa shape index (κ3) is 1.87. The van der Waals surface area contributed by atoms with Crippen molar-refractivity contribution in [1.29, 1.82) is 5.26 Å². The van der Waals surface area contributed by atoms with Gasteiger partial charge in [0.05, 0.1) is 23.9 Å². The maximum Gasteiger partial charge on any atom is 0.135 e. The van der Waals surface area contributed by atoms with E-state index in [9.17, 15) is 0 Å². The van der Waals surface area contributed by atoms with E-state index in [1.165, 1.54) is 0 Å². The Kier molecular flexibility index (Phi) is 2.58. The molecule has 18 heavy (non-hydrogen) atoms. The third-order valence-electron chi connectivity index (χ3n) is 2.98. The zero-order valence-electron chi connectivity index (χ0n) is 9.77. The number of aromatic nitrogens is 1. The Morgan fingerprint density at radius 2 is 2.22 bits per heavy atom. The minimum absolute atomic E-state index is 0.431. The van der Waals surface area contributed by atoms with Crippen molar-refractivity contribution in [2.24, 2.45) is 0 Å². The van der Waals surface area contributed by atoms with Crippen LogP contribution in [0.3, 0.4) is 0 Å². The summed E-state index contributed by atoms with van der Waals surface area (Å²) in [7, 11) is 0. The van der Waals surface area contributed by atoms with E-state index in [1.54, 1.807) is 6.20 Å². The number of pyridine rings is 1. The van der Waals surface area contributed by atoms with Crippen molar-refractivity contribution >= 4 is 17.2 Å². The molecule has 2 heterocycles. The SMILES string of the molecule is N#CCc1ccc2c(c1)NCc1cccnc1N2. The van der Waals surface area contributed by atoms with E-state index in [2.05, 4.69) is 21.7 Å². The first-order valence-corrected chi connectivity index (χ1v) is 5.81. The molecule has 1 aliphatic rings. The lowest BCUT2D eigenvalue weighted by Crippen LogP contribution is -1.98. The van der Waals surface area contributed by atoms with Crippen LogP contribution in [0.1, 0.15) is 11.1 Å². The van der Waals surface area contributed by atoms with Crippen molar-refractivity contribution in [1.82, 2.24) is 4.98 Å². The molecule has 0 unspecified atom stereocenters. The fraction of sp³-hybridized carbons (Fsp3) is 0.143. The molecule has 2 aromatic rings. The molecule has 0 radical (unpaired) electrons. The van der Waals surface area contributed by atoms with Crippen LogP contribution in [0.4, 0.5) is 17.2 Å². The van der Waals surface area contributed by atoms with Gasteiger partial charge in [-0.1, -0.05) is 12.1 Å². The summed E-state index contributed by atoms with van der Waals surface area (Å²) in [5.41, 5.74) is 4.16. The number of anilines is 3. The van der Waals surface area contributed by atoms with Crippen LogP contribution in [0.5, 0.6) is 0 Å². The smallest absolute Gasteiger partial charge is 0.135 e. The fourth-order valence-electron chi connectivity index (χ4n) is 2.06. The van der Waals surface area contributed by atoms with Crippen molar-refractivity contribution in [2.45, 2.75) is 13.0 Å². The average molecular weight is 236 g/mol. The molecule has 4 nitrogen and oxygen atoms in total. The van der Waals surface area contributed by atoms with Gasteiger partial charge in [0.1, 0.15) is 5.82 Å². The summed E-state index contributed by atoms with van der Waals surface area (Å²) in [5, 5.41) is 15.4. The minimum Gasteiger partial charge on any atom is -0.379 e. The van der Waals surface area contributed by atoms with Gasteiger partial charge < -0.3 is 10.6 Å². The van der Waals surface area contributed by atoms with Crippen LogP contribution in [-0.2, 0) is 13.0 Å². The molecule has 0 fully saturated rings. The second kappa shape index (κ2) is 4.38. The first-order valence-electron chi connectivity index (χ1n) is 5.81. The van der Waals surface area contributed by atoms with Crippen LogP contribution in [0, 0.1) is 11.3 Å². The molecular weight excluding hydrogens is 224 g/mol. The molecule has 1 aromatic carbocycles. The molecule has 1 aliphatic heterocycles. The van der Waals surface area contributed by atoms with Gasteiger partial charge in [0, 0.05) is 18.3 Å². The number of benzene rings is 1. The topological polar surface area (TPSA) is 60.7 Å². The normalized spacial score (nSPS) is 12.2. The van der Waals surface area contributed by atoms with E-state index < -0.39 is 0 Å². The molecule has 0 saturated heterocycles. The van der Waals surface area contributed by atoms with E-state index in [0.29, 0.717) is 6.42 Å². The first kappa shape index (κ1) is 10.6. The van der Waals surface area contributed by atoms with Gasteiger partial charge in [-0.2, -0.15) is 5.26 Å². The van der Waals surface area contributed by atoms with Gasteiger partial charge >= 0.3 is 0 Å². The largest absolute Gasteiger partial charge is 0.379 e. The Hall–Kier alpha value is -2.54. The van der Waals surface area contributed by atoms with Gasteiger partial charge in [-0.15, -0.1) is 0 Å². The number of fused-ring (bicyclic) bond motifs is 2. The van der Waals surface area contributed by atoms with Crippen LogP contribution in [0.2, 0.25) is 0 Å². The Labute approximate surface area is 105 Å². The number of rotatable bonds is 1. The van der Waals surface area contributed by atoms with E-state index in [4.69, 9.17) is 5.26 Å². The third-order valence-corrected chi connectivity index (χ3v) is 2.98. The molecule has 88 valence electrons. The quantitative estimate of drug-likeness (QED) is 0.799. The standard InChI is InChI=1S/C14H12N4/c15-6-5-10-3-4-12-13(8-10)17-9-11-2-1-7-16-14(11)18-12/h1-4,7-8,17H,5,9H2,(H,16,18). The maximum atomic E-state index is 8.73. The zero-order chi connectivity index (χ0) is 12.4. The number of hydrogen-bond donors (Lipinski definition) is 2. The second-order valence-corrected chi connectivity index (χ2v) is 4.20. The van der Waals surface area contributed by atoms with Crippen molar-refractivity contribution in [3.8, 4) is 6.07 Å². The molecule has 0 amide bonds. The summed E-state index contributed by atoms with van der Waals surface area (Å²) in [4.78, 5) is 4.33. The Bertz CT molecular complexity index is 628. The lowest BCUT2D eigenvalue weighted by atomic mass is 10.1. The lowest BCUT2D eigenvalue weighted by molar-refractivity contribution is 1.13.